The molecular weight excluding hydrogens is 265 g/mol. The van der Waals surface area contributed by atoms with Crippen LogP contribution in [-0.4, -0.2) is 8.42 Å². The highest BCUT2D eigenvalue weighted by Crippen LogP contribution is 2.23. The van der Waals surface area contributed by atoms with Gasteiger partial charge < -0.3 is 5.73 Å². The molecule has 0 aliphatic rings. The van der Waals surface area contributed by atoms with E-state index in [1.54, 1.807) is 25.1 Å². The molecule has 2 aromatic carbocycles. The standard InChI is InChI=1S/C14H14FNO2S/c1-10-8-12(15)7-6-11(10)9-19(17,18)14-5-3-2-4-13(14)16/h2-8H,9,16H2,1H3. The Labute approximate surface area is 111 Å². The molecule has 0 saturated heterocycles. The van der Waals surface area contributed by atoms with Crippen molar-refractivity contribution in [3.8, 4) is 0 Å². The molecule has 0 aliphatic carbocycles. The Morgan fingerprint density at radius 3 is 2.47 bits per heavy atom. The molecule has 0 amide bonds. The molecule has 0 aliphatic heterocycles. The van der Waals surface area contributed by atoms with Crippen LogP contribution in [0.3, 0.4) is 0 Å². The minimum absolute atomic E-state index is 0.110. The van der Waals surface area contributed by atoms with Gasteiger partial charge in [-0.1, -0.05) is 18.2 Å². The van der Waals surface area contributed by atoms with Crippen LogP contribution < -0.4 is 5.73 Å². The second-order valence-corrected chi connectivity index (χ2v) is 6.33. The van der Waals surface area contributed by atoms with Crippen LogP contribution in [0.25, 0.3) is 0 Å². The van der Waals surface area contributed by atoms with Crippen molar-refractivity contribution in [2.24, 2.45) is 0 Å². The molecule has 0 spiro atoms. The Balaban J connectivity index is 2.40. The van der Waals surface area contributed by atoms with Gasteiger partial charge in [0.05, 0.1) is 16.3 Å². The predicted octanol–water partition coefficient (Wildman–Crippen LogP) is 2.69. The quantitative estimate of drug-likeness (QED) is 0.879. The van der Waals surface area contributed by atoms with Crippen LogP contribution in [0.5, 0.6) is 0 Å². The van der Waals surface area contributed by atoms with Gasteiger partial charge in [-0.05, 0) is 42.3 Å². The summed E-state index contributed by atoms with van der Waals surface area (Å²) in [6.45, 7) is 1.68. The monoisotopic (exact) mass is 279 g/mol. The van der Waals surface area contributed by atoms with Crippen LogP contribution in [0, 0.1) is 12.7 Å². The summed E-state index contributed by atoms with van der Waals surface area (Å²) in [6, 6.07) is 10.4. The molecule has 5 heteroatoms. The summed E-state index contributed by atoms with van der Waals surface area (Å²) in [7, 11) is -3.53. The van der Waals surface area contributed by atoms with E-state index in [9.17, 15) is 12.8 Å². The predicted molar refractivity (Wildman–Crippen MR) is 72.9 cm³/mol. The van der Waals surface area contributed by atoms with Crippen molar-refractivity contribution in [2.75, 3.05) is 5.73 Å². The molecule has 2 N–H and O–H groups in total. The maximum absolute atomic E-state index is 13.0. The molecule has 2 rings (SSSR count). The average Bonchev–Trinajstić information content (AvgIpc) is 2.33. The van der Waals surface area contributed by atoms with Gasteiger partial charge in [-0.2, -0.15) is 0 Å². The molecule has 100 valence electrons. The van der Waals surface area contributed by atoms with E-state index in [4.69, 9.17) is 5.73 Å². The highest BCUT2D eigenvalue weighted by atomic mass is 32.2. The third-order valence-electron chi connectivity index (χ3n) is 2.90. The van der Waals surface area contributed by atoms with Gasteiger partial charge in [0, 0.05) is 0 Å². The highest BCUT2D eigenvalue weighted by molar-refractivity contribution is 7.90. The van der Waals surface area contributed by atoms with Gasteiger partial charge in [0.2, 0.25) is 0 Å². The van der Waals surface area contributed by atoms with Gasteiger partial charge in [-0.3, -0.25) is 0 Å². The molecule has 2 aromatic rings. The maximum Gasteiger partial charge on any atom is 0.184 e. The first-order valence-electron chi connectivity index (χ1n) is 5.72. The molecular formula is C14H14FNO2S. The van der Waals surface area contributed by atoms with Crippen molar-refractivity contribution >= 4 is 15.5 Å². The highest BCUT2D eigenvalue weighted by Gasteiger charge is 2.19. The van der Waals surface area contributed by atoms with Crippen LogP contribution >= 0.6 is 0 Å². The van der Waals surface area contributed by atoms with Gasteiger partial charge in [0.1, 0.15) is 5.82 Å². The third-order valence-corrected chi connectivity index (χ3v) is 4.64. The normalized spacial score (nSPS) is 11.5. The van der Waals surface area contributed by atoms with Crippen LogP contribution in [-0.2, 0) is 15.6 Å². The zero-order valence-corrected chi connectivity index (χ0v) is 11.2. The number of hydrogen-bond acceptors (Lipinski definition) is 3. The number of hydrogen-bond donors (Lipinski definition) is 1. The van der Waals surface area contributed by atoms with E-state index in [1.165, 1.54) is 24.3 Å². The molecule has 0 radical (unpaired) electrons. The Kier molecular flexibility index (Phi) is 3.57. The number of halogens is 1. The number of nitrogen functional groups attached to an aromatic ring is 1. The molecule has 0 heterocycles. The van der Waals surface area contributed by atoms with Crippen molar-refractivity contribution in [1.29, 1.82) is 0 Å². The smallest absolute Gasteiger partial charge is 0.184 e. The van der Waals surface area contributed by atoms with Crippen molar-refractivity contribution < 1.29 is 12.8 Å². The molecule has 0 saturated carbocycles. The number of para-hydroxylation sites is 1. The lowest BCUT2D eigenvalue weighted by Gasteiger charge is -2.09. The van der Waals surface area contributed by atoms with E-state index in [0.29, 0.717) is 11.1 Å². The Hall–Kier alpha value is -1.88. The summed E-state index contributed by atoms with van der Waals surface area (Å²) >= 11 is 0. The molecule has 3 nitrogen and oxygen atoms in total. The molecule has 0 atom stereocenters. The molecule has 0 bridgehead atoms. The average molecular weight is 279 g/mol. The third kappa shape index (κ3) is 2.93. The zero-order valence-electron chi connectivity index (χ0n) is 10.4. The number of nitrogens with two attached hydrogens (primary N) is 1. The van der Waals surface area contributed by atoms with E-state index in [2.05, 4.69) is 0 Å². The SMILES string of the molecule is Cc1cc(F)ccc1CS(=O)(=O)c1ccccc1N. The lowest BCUT2D eigenvalue weighted by molar-refractivity contribution is 0.595. The summed E-state index contributed by atoms with van der Waals surface area (Å²) in [5.74, 6) is -0.564. The minimum atomic E-state index is -3.53. The minimum Gasteiger partial charge on any atom is -0.398 e. The fourth-order valence-corrected chi connectivity index (χ4v) is 3.47. The molecule has 19 heavy (non-hydrogen) atoms. The van der Waals surface area contributed by atoms with Crippen LogP contribution in [0.4, 0.5) is 10.1 Å². The van der Waals surface area contributed by atoms with Crippen LogP contribution in [0.15, 0.2) is 47.4 Å². The van der Waals surface area contributed by atoms with Gasteiger partial charge in [0.15, 0.2) is 9.84 Å². The van der Waals surface area contributed by atoms with Gasteiger partial charge >= 0.3 is 0 Å². The second kappa shape index (κ2) is 5.01. The lowest BCUT2D eigenvalue weighted by Crippen LogP contribution is -2.08. The molecule has 0 fully saturated rings. The Bertz CT molecular complexity index is 711. The van der Waals surface area contributed by atoms with E-state index < -0.39 is 9.84 Å². The van der Waals surface area contributed by atoms with Gasteiger partial charge in [0.25, 0.3) is 0 Å². The van der Waals surface area contributed by atoms with Crippen LogP contribution in [0.1, 0.15) is 11.1 Å². The zero-order chi connectivity index (χ0) is 14.0. The van der Waals surface area contributed by atoms with E-state index in [0.717, 1.165) is 0 Å². The number of anilines is 1. The topological polar surface area (TPSA) is 60.2 Å². The fraction of sp³-hybridized carbons (Fsp3) is 0.143. The van der Waals surface area contributed by atoms with Crippen molar-refractivity contribution in [3.63, 3.8) is 0 Å². The molecule has 0 unspecified atom stereocenters. The van der Waals surface area contributed by atoms with Crippen LogP contribution in [0.2, 0.25) is 0 Å². The first kappa shape index (κ1) is 13.5. The van der Waals surface area contributed by atoms with Gasteiger partial charge in [-0.25, -0.2) is 12.8 Å². The summed E-state index contributed by atoms with van der Waals surface area (Å²) in [4.78, 5) is 0.110. The van der Waals surface area contributed by atoms with E-state index in [1.807, 2.05) is 0 Å². The largest absolute Gasteiger partial charge is 0.398 e. The summed E-state index contributed by atoms with van der Waals surface area (Å²) in [5.41, 5.74) is 7.09. The first-order chi connectivity index (χ1) is 8.90. The fourth-order valence-electron chi connectivity index (χ4n) is 1.87. The van der Waals surface area contributed by atoms with Crippen molar-refractivity contribution in [1.82, 2.24) is 0 Å². The van der Waals surface area contributed by atoms with Crippen molar-refractivity contribution in [3.05, 3.63) is 59.4 Å². The summed E-state index contributed by atoms with van der Waals surface area (Å²) in [6.07, 6.45) is 0. The second-order valence-electron chi connectivity index (χ2n) is 4.37. The lowest BCUT2D eigenvalue weighted by atomic mass is 10.1. The summed E-state index contributed by atoms with van der Waals surface area (Å²) < 4.78 is 37.6. The van der Waals surface area contributed by atoms with Crippen molar-refractivity contribution in [2.45, 2.75) is 17.6 Å². The van der Waals surface area contributed by atoms with Gasteiger partial charge in [-0.15, -0.1) is 0 Å². The summed E-state index contributed by atoms with van der Waals surface area (Å²) in [5, 5.41) is 0. The number of aryl methyl sites for hydroxylation is 1. The van der Waals surface area contributed by atoms with E-state index in [-0.39, 0.29) is 22.2 Å². The first-order valence-corrected chi connectivity index (χ1v) is 7.37. The number of sulfone groups is 1. The maximum atomic E-state index is 13.0. The Morgan fingerprint density at radius 2 is 1.84 bits per heavy atom. The van der Waals surface area contributed by atoms with E-state index >= 15 is 0 Å². The molecule has 0 aromatic heterocycles. The Morgan fingerprint density at radius 1 is 1.16 bits per heavy atom. The number of benzene rings is 2. The number of rotatable bonds is 3.